The first kappa shape index (κ1) is 13.9. The number of rotatable bonds is 4. The van der Waals surface area contributed by atoms with Crippen LogP contribution >= 0.6 is 0 Å². The van der Waals surface area contributed by atoms with Crippen LogP contribution in [0.4, 0.5) is 5.69 Å². The highest BCUT2D eigenvalue weighted by molar-refractivity contribution is 5.99. The summed E-state index contributed by atoms with van der Waals surface area (Å²) in [4.78, 5) is 26.4. The lowest BCUT2D eigenvalue weighted by Gasteiger charge is -2.08. The third kappa shape index (κ3) is 3.28. The van der Waals surface area contributed by atoms with Crippen molar-refractivity contribution in [3.05, 3.63) is 30.0 Å². The molecule has 1 heterocycles. The summed E-state index contributed by atoms with van der Waals surface area (Å²) < 4.78 is 0. The van der Waals surface area contributed by atoms with Gasteiger partial charge in [-0.1, -0.05) is 0 Å². The number of amides is 2. The Bertz CT molecular complexity index is 646. The van der Waals surface area contributed by atoms with Crippen LogP contribution in [-0.2, 0) is 4.79 Å². The topological polar surface area (TPSA) is 100 Å². The van der Waals surface area contributed by atoms with Gasteiger partial charge in [0, 0.05) is 22.6 Å². The van der Waals surface area contributed by atoms with Crippen LogP contribution < -0.4 is 16.4 Å². The van der Waals surface area contributed by atoms with Gasteiger partial charge in [0.1, 0.15) is 5.69 Å². The number of fused-ring (bicyclic) bond motifs is 1. The molecule has 2 rings (SSSR count). The molecule has 0 radical (unpaired) electrons. The van der Waals surface area contributed by atoms with Gasteiger partial charge >= 0.3 is 0 Å². The minimum absolute atomic E-state index is 0.0471. The zero-order chi connectivity index (χ0) is 14.7. The van der Waals surface area contributed by atoms with Gasteiger partial charge in [-0.05, 0) is 38.1 Å². The summed E-state index contributed by atoms with van der Waals surface area (Å²) in [6, 6.07) is 7.12. The predicted molar refractivity (Wildman–Crippen MR) is 78.3 cm³/mol. The summed E-state index contributed by atoms with van der Waals surface area (Å²) in [5.41, 5.74) is 7.56. The van der Waals surface area contributed by atoms with E-state index in [1.807, 2.05) is 19.9 Å². The van der Waals surface area contributed by atoms with Crippen LogP contribution in [0.1, 0.15) is 24.3 Å². The minimum atomic E-state index is -0.321. The Morgan fingerprint density at radius 3 is 2.75 bits per heavy atom. The first-order chi connectivity index (χ1) is 9.45. The van der Waals surface area contributed by atoms with Crippen molar-refractivity contribution in [1.29, 1.82) is 0 Å². The fraction of sp³-hybridized carbons (Fsp3) is 0.286. The number of H-pyrrole nitrogens is 1. The average Bonchev–Trinajstić information content (AvgIpc) is 2.78. The van der Waals surface area contributed by atoms with Crippen LogP contribution in [0.25, 0.3) is 10.9 Å². The lowest BCUT2D eigenvalue weighted by atomic mass is 10.2. The van der Waals surface area contributed by atoms with Gasteiger partial charge in [0.05, 0.1) is 6.54 Å². The molecular formula is C14H18N4O2. The maximum atomic E-state index is 11.9. The fourth-order valence-electron chi connectivity index (χ4n) is 1.90. The number of hydrogen-bond acceptors (Lipinski definition) is 3. The van der Waals surface area contributed by atoms with Crippen LogP contribution in [0.15, 0.2) is 24.3 Å². The largest absolute Gasteiger partial charge is 0.399 e. The molecule has 0 atom stereocenters. The van der Waals surface area contributed by atoms with Crippen LogP contribution in [0.2, 0.25) is 0 Å². The molecule has 0 unspecified atom stereocenters. The van der Waals surface area contributed by atoms with Crippen molar-refractivity contribution in [2.24, 2.45) is 0 Å². The SMILES string of the molecule is CC(C)NC(=O)CNC(=O)c1cc2cc(N)ccc2[nH]1. The molecule has 6 nitrogen and oxygen atoms in total. The fourth-order valence-corrected chi connectivity index (χ4v) is 1.90. The number of carbonyl (C=O) groups excluding carboxylic acids is 2. The molecule has 20 heavy (non-hydrogen) atoms. The van der Waals surface area contributed by atoms with Crippen LogP contribution in [-0.4, -0.2) is 29.4 Å². The Balaban J connectivity index is 2.02. The number of anilines is 1. The maximum Gasteiger partial charge on any atom is 0.268 e. The highest BCUT2D eigenvalue weighted by Crippen LogP contribution is 2.18. The Hall–Kier alpha value is -2.50. The summed E-state index contributed by atoms with van der Waals surface area (Å²) in [6.45, 7) is 3.68. The minimum Gasteiger partial charge on any atom is -0.399 e. The number of nitrogens with two attached hydrogens (primary N) is 1. The van der Waals surface area contributed by atoms with Crippen LogP contribution in [0, 0.1) is 0 Å². The van der Waals surface area contributed by atoms with Gasteiger partial charge in [0.2, 0.25) is 5.91 Å². The van der Waals surface area contributed by atoms with Crippen molar-refractivity contribution in [3.8, 4) is 0 Å². The van der Waals surface area contributed by atoms with Crippen molar-refractivity contribution >= 4 is 28.4 Å². The summed E-state index contributed by atoms with van der Waals surface area (Å²) in [5, 5.41) is 6.13. The molecule has 2 aromatic rings. The van der Waals surface area contributed by atoms with Crippen molar-refractivity contribution < 1.29 is 9.59 Å². The summed E-state index contributed by atoms with van der Waals surface area (Å²) >= 11 is 0. The van der Waals surface area contributed by atoms with Gasteiger partial charge in [0.25, 0.3) is 5.91 Å². The lowest BCUT2D eigenvalue weighted by molar-refractivity contribution is -0.120. The van der Waals surface area contributed by atoms with E-state index in [0.29, 0.717) is 11.4 Å². The second kappa shape index (κ2) is 5.64. The number of carbonyl (C=O) groups is 2. The van der Waals surface area contributed by atoms with Crippen molar-refractivity contribution in [2.75, 3.05) is 12.3 Å². The van der Waals surface area contributed by atoms with E-state index < -0.39 is 0 Å². The maximum absolute atomic E-state index is 11.9. The molecule has 0 saturated heterocycles. The van der Waals surface area contributed by atoms with Gasteiger partial charge in [0.15, 0.2) is 0 Å². The molecule has 6 heteroatoms. The summed E-state index contributed by atoms with van der Waals surface area (Å²) in [5.74, 6) is -0.535. The first-order valence-corrected chi connectivity index (χ1v) is 6.41. The molecule has 1 aromatic heterocycles. The number of aromatic nitrogens is 1. The van der Waals surface area contributed by atoms with Gasteiger partial charge in [-0.15, -0.1) is 0 Å². The van der Waals surface area contributed by atoms with E-state index >= 15 is 0 Å². The van der Waals surface area contributed by atoms with E-state index in [4.69, 9.17) is 5.73 Å². The molecule has 0 bridgehead atoms. The molecule has 5 N–H and O–H groups in total. The lowest BCUT2D eigenvalue weighted by Crippen LogP contribution is -2.39. The smallest absolute Gasteiger partial charge is 0.268 e. The average molecular weight is 274 g/mol. The van der Waals surface area contributed by atoms with Crippen molar-refractivity contribution in [1.82, 2.24) is 15.6 Å². The molecule has 2 amide bonds. The van der Waals surface area contributed by atoms with E-state index in [1.54, 1.807) is 18.2 Å². The highest BCUT2D eigenvalue weighted by atomic mass is 16.2. The van der Waals surface area contributed by atoms with E-state index in [-0.39, 0.29) is 24.4 Å². The quantitative estimate of drug-likeness (QED) is 0.626. The van der Waals surface area contributed by atoms with E-state index in [2.05, 4.69) is 15.6 Å². The Morgan fingerprint density at radius 2 is 2.05 bits per heavy atom. The number of benzene rings is 1. The molecule has 106 valence electrons. The third-order valence-corrected chi connectivity index (χ3v) is 2.75. The van der Waals surface area contributed by atoms with E-state index in [0.717, 1.165) is 10.9 Å². The molecular weight excluding hydrogens is 256 g/mol. The molecule has 0 saturated carbocycles. The molecule has 0 aliphatic rings. The molecule has 0 aliphatic carbocycles. The Kier molecular flexibility index (Phi) is 3.93. The number of nitrogen functional groups attached to an aromatic ring is 1. The monoisotopic (exact) mass is 274 g/mol. The normalized spacial score (nSPS) is 10.8. The van der Waals surface area contributed by atoms with Crippen molar-refractivity contribution in [3.63, 3.8) is 0 Å². The first-order valence-electron chi connectivity index (χ1n) is 6.41. The van der Waals surface area contributed by atoms with Gasteiger partial charge < -0.3 is 21.4 Å². The zero-order valence-electron chi connectivity index (χ0n) is 11.5. The number of hydrogen-bond donors (Lipinski definition) is 4. The van der Waals surface area contributed by atoms with Gasteiger partial charge in [-0.25, -0.2) is 0 Å². The molecule has 1 aromatic carbocycles. The summed E-state index contributed by atoms with van der Waals surface area (Å²) in [7, 11) is 0. The predicted octanol–water partition coefficient (Wildman–Crippen LogP) is 1.00. The van der Waals surface area contributed by atoms with Crippen LogP contribution in [0.3, 0.4) is 0 Å². The number of aromatic amines is 1. The van der Waals surface area contributed by atoms with Crippen molar-refractivity contribution in [2.45, 2.75) is 19.9 Å². The van der Waals surface area contributed by atoms with Gasteiger partial charge in [-0.2, -0.15) is 0 Å². The molecule has 0 aliphatic heterocycles. The van der Waals surface area contributed by atoms with E-state index in [1.165, 1.54) is 0 Å². The Morgan fingerprint density at radius 1 is 1.30 bits per heavy atom. The second-order valence-corrected chi connectivity index (χ2v) is 4.93. The number of nitrogens with one attached hydrogen (secondary N) is 3. The summed E-state index contributed by atoms with van der Waals surface area (Å²) in [6.07, 6.45) is 0. The van der Waals surface area contributed by atoms with Crippen LogP contribution in [0.5, 0.6) is 0 Å². The zero-order valence-corrected chi connectivity index (χ0v) is 11.5. The molecule has 0 fully saturated rings. The highest BCUT2D eigenvalue weighted by Gasteiger charge is 2.11. The standard InChI is InChI=1S/C14H18N4O2/c1-8(2)17-13(19)7-16-14(20)12-6-9-5-10(15)3-4-11(9)18-12/h3-6,8,18H,7,15H2,1-2H3,(H,16,20)(H,17,19). The van der Waals surface area contributed by atoms with Gasteiger partial charge in [-0.3, -0.25) is 9.59 Å². The van der Waals surface area contributed by atoms with E-state index in [9.17, 15) is 9.59 Å². The molecule has 0 spiro atoms. The Labute approximate surface area is 116 Å². The third-order valence-electron chi connectivity index (χ3n) is 2.75. The second-order valence-electron chi connectivity index (χ2n) is 4.93.